The van der Waals surface area contributed by atoms with Crippen molar-refractivity contribution in [2.75, 3.05) is 0 Å². The van der Waals surface area contributed by atoms with Crippen LogP contribution in [0.5, 0.6) is 0 Å². The third-order valence-corrected chi connectivity index (χ3v) is 6.16. The lowest BCUT2D eigenvalue weighted by molar-refractivity contribution is 0.669. The fourth-order valence-electron chi connectivity index (χ4n) is 3.94. The fraction of sp³-hybridized carbons (Fsp3) is 0.143. The van der Waals surface area contributed by atoms with Crippen molar-refractivity contribution < 1.29 is 4.42 Å². The topological polar surface area (TPSA) is 49.9 Å². The highest BCUT2D eigenvalue weighted by Crippen LogP contribution is 2.36. The van der Waals surface area contributed by atoms with Gasteiger partial charge in [0.1, 0.15) is 17.3 Å². The van der Waals surface area contributed by atoms with Crippen molar-refractivity contribution in [3.05, 3.63) is 81.8 Å². The molecule has 1 aliphatic heterocycles. The zero-order valence-corrected chi connectivity index (χ0v) is 19.8. The number of nitrogens with one attached hydrogen (secondary N) is 1. The van der Waals surface area contributed by atoms with Gasteiger partial charge in [0.15, 0.2) is 11.7 Å². The molecule has 1 N–H and O–H groups in total. The molecular weight excluding hydrogens is 465 g/mol. The molecule has 0 aliphatic carbocycles. The first-order chi connectivity index (χ1) is 16.5. The first-order valence-corrected chi connectivity index (χ1v) is 11.5. The molecule has 0 saturated carbocycles. The molecular formula is C28H19Cl2N3O. The lowest BCUT2D eigenvalue weighted by Crippen LogP contribution is -2.39. The molecule has 0 spiro atoms. The van der Waals surface area contributed by atoms with Gasteiger partial charge in [0.05, 0.1) is 5.02 Å². The molecule has 1 aromatic heterocycles. The van der Waals surface area contributed by atoms with E-state index < -0.39 is 0 Å². The summed E-state index contributed by atoms with van der Waals surface area (Å²) in [5.41, 5.74) is 3.25. The Labute approximate surface area is 207 Å². The first-order valence-electron chi connectivity index (χ1n) is 10.8. The molecule has 4 nitrogen and oxygen atoms in total. The van der Waals surface area contributed by atoms with E-state index >= 15 is 0 Å². The Kier molecular flexibility index (Phi) is 6.03. The van der Waals surface area contributed by atoms with Crippen LogP contribution >= 0.6 is 23.2 Å². The third kappa shape index (κ3) is 4.27. The van der Waals surface area contributed by atoms with Crippen LogP contribution in [0.15, 0.2) is 75.1 Å². The van der Waals surface area contributed by atoms with Crippen LogP contribution in [0.2, 0.25) is 10.0 Å². The van der Waals surface area contributed by atoms with Crippen LogP contribution < -0.4 is 5.32 Å². The summed E-state index contributed by atoms with van der Waals surface area (Å²) in [5, 5.41) is 6.23. The van der Waals surface area contributed by atoms with E-state index in [4.69, 9.17) is 44.0 Å². The number of halogens is 2. The summed E-state index contributed by atoms with van der Waals surface area (Å²) in [6.07, 6.45) is 5.50. The van der Waals surface area contributed by atoms with Gasteiger partial charge in [0, 0.05) is 33.7 Å². The molecule has 166 valence electrons. The van der Waals surface area contributed by atoms with Gasteiger partial charge in [-0.3, -0.25) is 0 Å². The average Bonchev–Trinajstić information content (AvgIpc) is 3.22. The number of benzene rings is 3. The van der Waals surface area contributed by atoms with Crippen molar-refractivity contribution in [3.63, 3.8) is 0 Å². The highest BCUT2D eigenvalue weighted by Gasteiger charge is 2.23. The predicted octanol–water partition coefficient (Wildman–Crippen LogP) is 7.00. The number of fused-ring (bicyclic) bond motifs is 3. The largest absolute Gasteiger partial charge is 0.454 e. The number of hydrogen-bond acceptors (Lipinski definition) is 4. The van der Waals surface area contributed by atoms with Gasteiger partial charge in [-0.05, 0) is 47.7 Å². The Hall–Kier alpha value is -3.70. The van der Waals surface area contributed by atoms with Crippen molar-refractivity contribution in [1.29, 1.82) is 0 Å². The lowest BCUT2D eigenvalue weighted by atomic mass is 10.0. The highest BCUT2D eigenvalue weighted by atomic mass is 35.5. The Bertz CT molecular complexity index is 1570. The number of terminal acetylenes is 1. The van der Waals surface area contributed by atoms with Crippen LogP contribution in [0.25, 0.3) is 21.9 Å². The first kappa shape index (κ1) is 22.1. The zero-order chi connectivity index (χ0) is 23.7. The number of amidine groups is 2. The second-order valence-electron chi connectivity index (χ2n) is 8.03. The smallest absolute Gasteiger partial charge is 0.169 e. The Morgan fingerprint density at radius 1 is 1.06 bits per heavy atom. The quantitative estimate of drug-likeness (QED) is 0.317. The van der Waals surface area contributed by atoms with Gasteiger partial charge >= 0.3 is 0 Å². The van der Waals surface area contributed by atoms with Gasteiger partial charge < -0.3 is 9.73 Å². The molecule has 0 saturated heterocycles. The maximum Gasteiger partial charge on any atom is 0.169 e. The standard InChI is InChI=1S/C28H19Cl2N3O/c1-3-4-6-9-17(2)26-31-27(18-10-7-5-8-11-18)33-28(32-26)19-12-13-24-21(14-19)22-15-20(29)16-23(30)25(22)34-24/h1,5,7-8,10-17,27H,9H2,2H3,(H,31,32,33). The second kappa shape index (κ2) is 9.27. The van der Waals surface area contributed by atoms with E-state index in [1.54, 1.807) is 6.07 Å². The minimum Gasteiger partial charge on any atom is -0.454 e. The molecule has 2 heterocycles. The molecule has 6 heteroatoms. The van der Waals surface area contributed by atoms with Crippen molar-refractivity contribution >= 4 is 56.8 Å². The van der Waals surface area contributed by atoms with Crippen LogP contribution in [-0.4, -0.2) is 11.7 Å². The SMILES string of the molecule is C#CC#CCC(C)C1=NC(c2ccccc2)N=C(c2ccc3oc4c(Cl)cc(Cl)cc4c3c2)N1. The molecule has 34 heavy (non-hydrogen) atoms. The van der Waals surface area contributed by atoms with Crippen molar-refractivity contribution in [1.82, 2.24) is 5.32 Å². The summed E-state index contributed by atoms with van der Waals surface area (Å²) < 4.78 is 5.98. The third-order valence-electron chi connectivity index (χ3n) is 5.66. The van der Waals surface area contributed by atoms with E-state index in [0.29, 0.717) is 22.0 Å². The fourth-order valence-corrected chi connectivity index (χ4v) is 4.47. The molecule has 0 fully saturated rings. The normalized spacial score (nSPS) is 16.1. The number of hydrogen-bond donors (Lipinski definition) is 1. The number of aliphatic imine (C=N–C) groups is 2. The van der Waals surface area contributed by atoms with Gasteiger partial charge in [-0.2, -0.15) is 0 Å². The molecule has 0 radical (unpaired) electrons. The summed E-state index contributed by atoms with van der Waals surface area (Å²) in [4.78, 5) is 9.80. The molecule has 2 atom stereocenters. The summed E-state index contributed by atoms with van der Waals surface area (Å²) in [6.45, 7) is 2.07. The minimum atomic E-state index is -0.365. The molecule has 4 aromatic rings. The Morgan fingerprint density at radius 2 is 1.88 bits per heavy atom. The van der Waals surface area contributed by atoms with Gasteiger partial charge in [-0.25, -0.2) is 9.98 Å². The van der Waals surface area contributed by atoms with Gasteiger partial charge in [-0.1, -0.05) is 66.4 Å². The molecule has 3 aromatic carbocycles. The number of nitrogens with zero attached hydrogens (tertiary/aromatic N) is 2. The Morgan fingerprint density at radius 3 is 2.68 bits per heavy atom. The summed E-state index contributed by atoms with van der Waals surface area (Å²) in [7, 11) is 0. The van der Waals surface area contributed by atoms with Gasteiger partial charge in [-0.15, -0.1) is 6.42 Å². The van der Waals surface area contributed by atoms with Gasteiger partial charge in [0.25, 0.3) is 0 Å². The monoisotopic (exact) mass is 483 g/mol. The molecule has 5 rings (SSSR count). The summed E-state index contributed by atoms with van der Waals surface area (Å²) in [5.74, 6) is 9.63. The van der Waals surface area contributed by atoms with E-state index in [0.717, 1.165) is 39.2 Å². The lowest BCUT2D eigenvalue weighted by Gasteiger charge is -2.24. The molecule has 2 unspecified atom stereocenters. The highest BCUT2D eigenvalue weighted by molar-refractivity contribution is 6.39. The minimum absolute atomic E-state index is 0.0497. The van der Waals surface area contributed by atoms with E-state index in [-0.39, 0.29) is 12.1 Å². The van der Waals surface area contributed by atoms with E-state index in [1.807, 2.05) is 54.6 Å². The van der Waals surface area contributed by atoms with E-state index in [1.165, 1.54) is 0 Å². The van der Waals surface area contributed by atoms with E-state index in [2.05, 4.69) is 30.0 Å². The zero-order valence-electron chi connectivity index (χ0n) is 18.3. The second-order valence-corrected chi connectivity index (χ2v) is 8.87. The molecule has 0 amide bonds. The summed E-state index contributed by atoms with van der Waals surface area (Å²) in [6, 6.07) is 19.5. The maximum atomic E-state index is 6.36. The summed E-state index contributed by atoms with van der Waals surface area (Å²) >= 11 is 12.6. The van der Waals surface area contributed by atoms with Crippen LogP contribution in [-0.2, 0) is 0 Å². The van der Waals surface area contributed by atoms with Crippen LogP contribution in [0, 0.1) is 30.1 Å². The molecule has 0 bridgehead atoms. The van der Waals surface area contributed by atoms with Crippen LogP contribution in [0.1, 0.15) is 30.6 Å². The number of furan rings is 1. The average molecular weight is 484 g/mol. The molecule has 1 aliphatic rings. The van der Waals surface area contributed by atoms with Crippen molar-refractivity contribution in [2.45, 2.75) is 19.5 Å². The van der Waals surface area contributed by atoms with Gasteiger partial charge in [0.2, 0.25) is 0 Å². The predicted molar refractivity (Wildman–Crippen MR) is 140 cm³/mol. The number of rotatable bonds is 4. The van der Waals surface area contributed by atoms with Crippen molar-refractivity contribution in [3.8, 4) is 24.2 Å². The Balaban J connectivity index is 1.59. The van der Waals surface area contributed by atoms with Crippen LogP contribution in [0.3, 0.4) is 0 Å². The maximum absolute atomic E-state index is 6.36. The van der Waals surface area contributed by atoms with E-state index in [9.17, 15) is 0 Å². The van der Waals surface area contributed by atoms with Crippen LogP contribution in [0.4, 0.5) is 0 Å². The van der Waals surface area contributed by atoms with Crippen molar-refractivity contribution in [2.24, 2.45) is 15.9 Å².